The molecule has 0 saturated carbocycles. The highest BCUT2D eigenvalue weighted by atomic mass is 19.1. The van der Waals surface area contributed by atoms with Crippen LogP contribution >= 0.6 is 0 Å². The summed E-state index contributed by atoms with van der Waals surface area (Å²) in [6.07, 6.45) is 7.62. The number of nitrogens with zero attached hydrogens (tertiary/aromatic N) is 4. The van der Waals surface area contributed by atoms with Crippen LogP contribution in [0.15, 0.2) is 30.9 Å². The average Bonchev–Trinajstić information content (AvgIpc) is 3.02. The number of carbonyl (C=O) groups is 1. The standard InChI is InChI=1S/C18H18FN5O/c1-24-4-2-11(3-5-24)17(25)16-10-20-9-15(23-16)12-6-13-14(19)8-22-18(13)21-7-12/h6-11H,2-5H2,1H3,(H,21,22). The van der Waals surface area contributed by atoms with Crippen LogP contribution in [-0.2, 0) is 0 Å². The van der Waals surface area contributed by atoms with E-state index in [9.17, 15) is 9.18 Å². The first-order valence-corrected chi connectivity index (χ1v) is 8.29. The Morgan fingerprint density at radius 2 is 2.08 bits per heavy atom. The molecule has 128 valence electrons. The zero-order valence-electron chi connectivity index (χ0n) is 13.9. The van der Waals surface area contributed by atoms with Gasteiger partial charge in [0.15, 0.2) is 5.78 Å². The summed E-state index contributed by atoms with van der Waals surface area (Å²) in [5.41, 5.74) is 2.00. The van der Waals surface area contributed by atoms with Crippen LogP contribution in [0.3, 0.4) is 0 Å². The number of likely N-dealkylation sites (tertiary alicyclic amines) is 1. The third-order valence-electron chi connectivity index (χ3n) is 4.75. The third-order valence-corrected chi connectivity index (χ3v) is 4.75. The molecule has 0 spiro atoms. The van der Waals surface area contributed by atoms with Gasteiger partial charge in [-0.15, -0.1) is 0 Å². The first kappa shape index (κ1) is 15.8. The molecule has 3 aromatic heterocycles. The van der Waals surface area contributed by atoms with Gasteiger partial charge in [0.1, 0.15) is 17.2 Å². The number of rotatable bonds is 3. The first-order valence-electron chi connectivity index (χ1n) is 8.29. The number of pyridine rings is 1. The average molecular weight is 339 g/mol. The number of H-pyrrole nitrogens is 1. The zero-order valence-corrected chi connectivity index (χ0v) is 13.9. The molecule has 4 heterocycles. The Kier molecular flexibility index (Phi) is 4.01. The van der Waals surface area contributed by atoms with Gasteiger partial charge in [0, 0.05) is 23.9 Å². The van der Waals surface area contributed by atoms with E-state index >= 15 is 0 Å². The molecule has 0 unspecified atom stereocenters. The molecular weight excluding hydrogens is 321 g/mol. The van der Waals surface area contributed by atoms with E-state index < -0.39 is 0 Å². The molecule has 4 rings (SSSR count). The van der Waals surface area contributed by atoms with E-state index in [0.717, 1.165) is 25.9 Å². The normalized spacial score (nSPS) is 16.4. The molecule has 1 aliphatic rings. The van der Waals surface area contributed by atoms with E-state index in [1.165, 1.54) is 12.4 Å². The van der Waals surface area contributed by atoms with Crippen molar-refractivity contribution in [3.8, 4) is 11.3 Å². The lowest BCUT2D eigenvalue weighted by molar-refractivity contribution is 0.0851. The summed E-state index contributed by atoms with van der Waals surface area (Å²) in [6.45, 7) is 1.83. The third kappa shape index (κ3) is 3.02. The molecule has 0 radical (unpaired) electrons. The lowest BCUT2D eigenvalue weighted by atomic mass is 9.91. The van der Waals surface area contributed by atoms with E-state index in [-0.39, 0.29) is 17.5 Å². The molecule has 1 N–H and O–H groups in total. The summed E-state index contributed by atoms with van der Waals surface area (Å²) in [5, 5.41) is 0.395. The van der Waals surface area contributed by atoms with Crippen LogP contribution < -0.4 is 0 Å². The predicted octanol–water partition coefficient (Wildman–Crippen LogP) is 2.68. The van der Waals surface area contributed by atoms with Gasteiger partial charge in [0.05, 0.1) is 23.5 Å². The summed E-state index contributed by atoms with van der Waals surface area (Å²) >= 11 is 0. The zero-order chi connectivity index (χ0) is 17.4. The van der Waals surface area contributed by atoms with Crippen LogP contribution in [-0.4, -0.2) is 50.8 Å². The van der Waals surface area contributed by atoms with Gasteiger partial charge in [-0.3, -0.25) is 9.78 Å². The van der Waals surface area contributed by atoms with E-state index in [0.29, 0.717) is 28.0 Å². The molecule has 0 bridgehead atoms. The molecule has 1 saturated heterocycles. The van der Waals surface area contributed by atoms with Crippen LogP contribution in [0.1, 0.15) is 23.3 Å². The smallest absolute Gasteiger partial charge is 0.185 e. The molecular formula is C18H18FN5O. The van der Waals surface area contributed by atoms with E-state index in [1.807, 2.05) is 0 Å². The second kappa shape index (κ2) is 6.33. The van der Waals surface area contributed by atoms with Gasteiger partial charge in [0.2, 0.25) is 0 Å². The fraction of sp³-hybridized carbons (Fsp3) is 0.333. The summed E-state index contributed by atoms with van der Waals surface area (Å²) in [7, 11) is 2.06. The number of aromatic nitrogens is 4. The van der Waals surface area contributed by atoms with Gasteiger partial charge < -0.3 is 9.88 Å². The van der Waals surface area contributed by atoms with Crippen molar-refractivity contribution in [2.45, 2.75) is 12.8 Å². The molecule has 0 aliphatic carbocycles. The monoisotopic (exact) mass is 339 g/mol. The SMILES string of the molecule is CN1CCC(C(=O)c2cncc(-c3cnc4[nH]cc(F)c4c3)n2)CC1. The lowest BCUT2D eigenvalue weighted by Gasteiger charge is -2.27. The minimum absolute atomic E-state index is 0.0107. The van der Waals surface area contributed by atoms with Crippen LogP contribution in [0.25, 0.3) is 22.3 Å². The van der Waals surface area contributed by atoms with Crippen molar-refractivity contribution in [1.82, 2.24) is 24.8 Å². The second-order valence-corrected chi connectivity index (χ2v) is 6.49. The number of carbonyl (C=O) groups excluding carboxylic acids is 1. The van der Waals surface area contributed by atoms with Gasteiger partial charge in [-0.1, -0.05) is 0 Å². The van der Waals surface area contributed by atoms with Crippen molar-refractivity contribution in [2.75, 3.05) is 20.1 Å². The molecule has 3 aromatic rings. The molecule has 25 heavy (non-hydrogen) atoms. The summed E-state index contributed by atoms with van der Waals surface area (Å²) in [5.74, 6) is -0.344. The van der Waals surface area contributed by atoms with Crippen LogP contribution in [0.4, 0.5) is 4.39 Å². The van der Waals surface area contributed by atoms with Gasteiger partial charge >= 0.3 is 0 Å². The Hall–Kier alpha value is -2.67. The fourth-order valence-electron chi connectivity index (χ4n) is 3.22. The number of Topliss-reactive ketones (excluding diaryl/α,β-unsaturated/α-hetero) is 1. The number of piperidine rings is 1. The maximum Gasteiger partial charge on any atom is 0.185 e. The highest BCUT2D eigenvalue weighted by Gasteiger charge is 2.25. The minimum atomic E-state index is -0.365. The Morgan fingerprint density at radius 1 is 1.28 bits per heavy atom. The topological polar surface area (TPSA) is 74.8 Å². The summed E-state index contributed by atoms with van der Waals surface area (Å²) in [4.78, 5) is 30.5. The van der Waals surface area contributed by atoms with E-state index in [4.69, 9.17) is 0 Å². The minimum Gasteiger partial charge on any atom is -0.343 e. The van der Waals surface area contributed by atoms with Crippen molar-refractivity contribution in [1.29, 1.82) is 0 Å². The van der Waals surface area contributed by atoms with Crippen LogP contribution in [0.2, 0.25) is 0 Å². The van der Waals surface area contributed by atoms with Gasteiger partial charge in [-0.2, -0.15) is 0 Å². The highest BCUT2D eigenvalue weighted by Crippen LogP contribution is 2.24. The van der Waals surface area contributed by atoms with Crippen molar-refractivity contribution in [3.63, 3.8) is 0 Å². The highest BCUT2D eigenvalue weighted by molar-refractivity contribution is 5.96. The van der Waals surface area contributed by atoms with Crippen molar-refractivity contribution >= 4 is 16.8 Å². The second-order valence-electron chi connectivity index (χ2n) is 6.49. The summed E-state index contributed by atoms with van der Waals surface area (Å²) < 4.78 is 13.8. The predicted molar refractivity (Wildman–Crippen MR) is 91.6 cm³/mol. The van der Waals surface area contributed by atoms with E-state index in [1.54, 1.807) is 18.5 Å². The Balaban J connectivity index is 1.64. The van der Waals surface area contributed by atoms with Gasteiger partial charge in [-0.25, -0.2) is 14.4 Å². The molecule has 0 aromatic carbocycles. The molecule has 1 aliphatic heterocycles. The number of nitrogens with one attached hydrogen (secondary N) is 1. The molecule has 6 nitrogen and oxygen atoms in total. The molecule has 7 heteroatoms. The number of aromatic amines is 1. The summed E-state index contributed by atoms with van der Waals surface area (Å²) in [6, 6.07) is 1.67. The van der Waals surface area contributed by atoms with Gasteiger partial charge in [-0.05, 0) is 39.0 Å². The maximum absolute atomic E-state index is 13.8. The lowest BCUT2D eigenvalue weighted by Crippen LogP contribution is -2.33. The Bertz CT molecular complexity index is 930. The quantitative estimate of drug-likeness (QED) is 0.743. The Labute approximate surface area is 144 Å². The number of ketones is 1. The number of hydrogen-bond acceptors (Lipinski definition) is 5. The number of fused-ring (bicyclic) bond motifs is 1. The van der Waals surface area contributed by atoms with Gasteiger partial charge in [0.25, 0.3) is 0 Å². The van der Waals surface area contributed by atoms with Crippen LogP contribution in [0, 0.1) is 11.7 Å². The van der Waals surface area contributed by atoms with Crippen molar-refractivity contribution < 1.29 is 9.18 Å². The van der Waals surface area contributed by atoms with Crippen molar-refractivity contribution in [3.05, 3.63) is 42.4 Å². The number of halogens is 1. The molecule has 0 atom stereocenters. The van der Waals surface area contributed by atoms with E-state index in [2.05, 4.69) is 31.9 Å². The number of hydrogen-bond donors (Lipinski definition) is 1. The van der Waals surface area contributed by atoms with Crippen LogP contribution in [0.5, 0.6) is 0 Å². The fourth-order valence-corrected chi connectivity index (χ4v) is 3.22. The molecule has 0 amide bonds. The largest absolute Gasteiger partial charge is 0.343 e. The maximum atomic E-state index is 13.8. The Morgan fingerprint density at radius 3 is 2.88 bits per heavy atom. The molecule has 1 fully saturated rings. The van der Waals surface area contributed by atoms with Crippen molar-refractivity contribution in [2.24, 2.45) is 5.92 Å². The first-order chi connectivity index (χ1) is 12.1.